The average Bonchev–Trinajstić information content (AvgIpc) is 3.34. The molecule has 1 amide bonds. The van der Waals surface area contributed by atoms with E-state index in [4.69, 9.17) is 20.4 Å². The van der Waals surface area contributed by atoms with E-state index in [2.05, 4.69) is 5.32 Å². The van der Waals surface area contributed by atoms with Crippen LogP contribution >= 0.6 is 11.6 Å². The van der Waals surface area contributed by atoms with Gasteiger partial charge in [0, 0.05) is 38.7 Å². The molecule has 0 atom stereocenters. The van der Waals surface area contributed by atoms with Gasteiger partial charge < -0.3 is 14.2 Å². The van der Waals surface area contributed by atoms with Crippen molar-refractivity contribution in [2.45, 2.75) is 13.8 Å². The highest BCUT2D eigenvalue weighted by Crippen LogP contribution is 2.30. The molecule has 5 rings (SSSR count). The molecule has 0 spiro atoms. The van der Waals surface area contributed by atoms with Crippen LogP contribution in [0.1, 0.15) is 37.8 Å². The number of carbonyl (C=O) groups is 2. The van der Waals surface area contributed by atoms with E-state index in [0.29, 0.717) is 33.2 Å². The van der Waals surface area contributed by atoms with Crippen molar-refractivity contribution in [3.05, 3.63) is 100.0 Å². The summed E-state index contributed by atoms with van der Waals surface area (Å²) < 4.78 is 11.5. The lowest BCUT2D eigenvalue weighted by Crippen LogP contribution is -2.10. The molecule has 0 unspecified atom stereocenters. The maximum atomic E-state index is 12.9. The highest BCUT2D eigenvalue weighted by molar-refractivity contribution is 6.31. The lowest BCUT2D eigenvalue weighted by atomic mass is 10.0. The number of furan rings is 2. The minimum absolute atomic E-state index is 0.174. The first kappa shape index (κ1) is 20.1. The van der Waals surface area contributed by atoms with Gasteiger partial charge in [0.25, 0.3) is 5.91 Å². The van der Waals surface area contributed by atoms with Gasteiger partial charge in [-0.15, -0.1) is 0 Å². The minimum Gasteiger partial charge on any atom is -0.452 e. The highest BCUT2D eigenvalue weighted by Gasteiger charge is 2.20. The third kappa shape index (κ3) is 3.57. The number of rotatable bonds is 4. The summed E-state index contributed by atoms with van der Waals surface area (Å²) in [6.07, 6.45) is 0. The number of benzene rings is 3. The quantitative estimate of drug-likeness (QED) is 0.305. The number of fused-ring (bicyclic) bond motifs is 2. The molecular weight excluding hydrogens is 426 g/mol. The summed E-state index contributed by atoms with van der Waals surface area (Å²) in [5.41, 5.74) is 4.04. The fraction of sp³-hybridized carbons (Fsp3) is 0.0769. The Morgan fingerprint density at radius 1 is 0.844 bits per heavy atom. The Hall–Kier alpha value is -3.83. The molecule has 3 aromatic carbocycles. The van der Waals surface area contributed by atoms with E-state index in [0.717, 1.165) is 21.9 Å². The molecule has 0 aliphatic heterocycles. The van der Waals surface area contributed by atoms with Crippen LogP contribution in [-0.4, -0.2) is 11.7 Å². The van der Waals surface area contributed by atoms with Gasteiger partial charge in [0.15, 0.2) is 11.5 Å². The minimum atomic E-state index is -0.393. The van der Waals surface area contributed by atoms with Gasteiger partial charge in [-0.25, -0.2) is 0 Å². The van der Waals surface area contributed by atoms with Crippen molar-refractivity contribution in [1.29, 1.82) is 0 Å². The van der Waals surface area contributed by atoms with E-state index in [9.17, 15) is 9.59 Å². The van der Waals surface area contributed by atoms with Crippen LogP contribution in [0.2, 0.25) is 5.02 Å². The zero-order valence-electron chi connectivity index (χ0n) is 17.4. The van der Waals surface area contributed by atoms with Crippen LogP contribution in [0.4, 0.5) is 5.69 Å². The number of hydrogen-bond acceptors (Lipinski definition) is 4. The van der Waals surface area contributed by atoms with Gasteiger partial charge in [-0.3, -0.25) is 9.59 Å². The molecule has 1 N–H and O–H groups in total. The number of halogens is 1. The summed E-state index contributed by atoms with van der Waals surface area (Å²) in [7, 11) is 0. The molecule has 32 heavy (non-hydrogen) atoms. The maximum Gasteiger partial charge on any atom is 0.291 e. The first-order chi connectivity index (χ1) is 15.4. The molecule has 0 saturated heterocycles. The van der Waals surface area contributed by atoms with Crippen molar-refractivity contribution in [3.63, 3.8) is 0 Å². The normalized spacial score (nSPS) is 11.2. The van der Waals surface area contributed by atoms with E-state index >= 15 is 0 Å². The predicted octanol–water partition coefficient (Wildman–Crippen LogP) is 6.93. The molecule has 2 heterocycles. The fourth-order valence-electron chi connectivity index (χ4n) is 3.67. The Balaban J connectivity index is 1.43. The number of carbonyl (C=O) groups excluding carboxylic acids is 2. The number of amides is 1. The maximum absolute atomic E-state index is 12.9. The summed E-state index contributed by atoms with van der Waals surface area (Å²) in [5, 5.41) is 4.95. The molecule has 0 aliphatic carbocycles. The second-order valence-electron chi connectivity index (χ2n) is 7.71. The molecule has 0 aliphatic rings. The SMILES string of the molecule is Cc1ccc(C(=O)c2oc3cc(NC(=O)c4cc5cc(Cl)ccc5o4)ccc3c2C)cc1. The lowest BCUT2D eigenvalue weighted by molar-refractivity contribution is 0.0995. The first-order valence-corrected chi connectivity index (χ1v) is 10.4. The molecule has 2 aromatic heterocycles. The van der Waals surface area contributed by atoms with Gasteiger partial charge in [-0.05, 0) is 50.2 Å². The second-order valence-corrected chi connectivity index (χ2v) is 8.15. The van der Waals surface area contributed by atoms with Crippen molar-refractivity contribution >= 4 is 50.9 Å². The smallest absolute Gasteiger partial charge is 0.291 e. The van der Waals surface area contributed by atoms with Crippen LogP contribution in [0.15, 0.2) is 75.6 Å². The van der Waals surface area contributed by atoms with E-state index in [1.165, 1.54) is 0 Å². The van der Waals surface area contributed by atoms with Crippen LogP contribution in [0.25, 0.3) is 21.9 Å². The summed E-state index contributed by atoms with van der Waals surface area (Å²) in [6, 6.07) is 19.5. The van der Waals surface area contributed by atoms with Crippen molar-refractivity contribution in [2.24, 2.45) is 0 Å². The van der Waals surface area contributed by atoms with Gasteiger partial charge in [0.2, 0.25) is 5.78 Å². The Morgan fingerprint density at radius 2 is 1.62 bits per heavy atom. The number of aryl methyl sites for hydroxylation is 2. The molecule has 5 nitrogen and oxygen atoms in total. The van der Waals surface area contributed by atoms with Gasteiger partial charge >= 0.3 is 0 Å². The molecule has 0 bridgehead atoms. The third-order valence-electron chi connectivity index (χ3n) is 5.42. The van der Waals surface area contributed by atoms with Crippen molar-refractivity contribution in [3.8, 4) is 0 Å². The molecule has 0 fully saturated rings. The Bertz CT molecular complexity index is 1510. The van der Waals surface area contributed by atoms with Crippen LogP contribution < -0.4 is 5.32 Å². The molecule has 5 aromatic rings. The van der Waals surface area contributed by atoms with Gasteiger partial charge in [0.1, 0.15) is 11.2 Å². The van der Waals surface area contributed by atoms with Gasteiger partial charge in [-0.2, -0.15) is 0 Å². The van der Waals surface area contributed by atoms with Crippen LogP contribution in [0.5, 0.6) is 0 Å². The van der Waals surface area contributed by atoms with Crippen LogP contribution in [0, 0.1) is 13.8 Å². The third-order valence-corrected chi connectivity index (χ3v) is 5.65. The summed E-state index contributed by atoms with van der Waals surface area (Å²) in [6.45, 7) is 3.82. The highest BCUT2D eigenvalue weighted by atomic mass is 35.5. The zero-order valence-corrected chi connectivity index (χ0v) is 18.1. The van der Waals surface area contributed by atoms with Crippen LogP contribution in [-0.2, 0) is 0 Å². The Labute approximate surface area is 188 Å². The second kappa shape index (κ2) is 7.70. The number of ketones is 1. The summed E-state index contributed by atoms with van der Waals surface area (Å²) in [4.78, 5) is 25.6. The standard InChI is InChI=1S/C26H18ClNO4/c1-14-3-5-16(6-4-14)24(29)25-15(2)20-9-8-19(13-22(20)32-25)28-26(30)23-12-17-11-18(27)7-10-21(17)31-23/h3-13H,1-2H3,(H,28,30). The van der Waals surface area contributed by atoms with Crippen molar-refractivity contribution < 1.29 is 18.4 Å². The summed E-state index contributed by atoms with van der Waals surface area (Å²) >= 11 is 6.00. The molecule has 158 valence electrons. The molecule has 0 saturated carbocycles. The Morgan fingerprint density at radius 3 is 2.41 bits per heavy atom. The van der Waals surface area contributed by atoms with Crippen molar-refractivity contribution in [2.75, 3.05) is 5.32 Å². The number of hydrogen-bond donors (Lipinski definition) is 1. The zero-order chi connectivity index (χ0) is 22.4. The van der Waals surface area contributed by atoms with E-state index < -0.39 is 5.91 Å². The lowest BCUT2D eigenvalue weighted by Gasteiger charge is -2.02. The number of nitrogens with one attached hydrogen (secondary N) is 1. The monoisotopic (exact) mass is 443 g/mol. The van der Waals surface area contributed by atoms with Gasteiger partial charge in [0.05, 0.1) is 0 Å². The predicted molar refractivity (Wildman–Crippen MR) is 125 cm³/mol. The fourth-order valence-corrected chi connectivity index (χ4v) is 3.86. The topological polar surface area (TPSA) is 72.5 Å². The Kier molecular flexibility index (Phi) is 4.83. The first-order valence-electron chi connectivity index (χ1n) is 10.0. The largest absolute Gasteiger partial charge is 0.452 e. The number of anilines is 1. The average molecular weight is 444 g/mol. The van der Waals surface area contributed by atoms with E-state index in [-0.39, 0.29) is 11.5 Å². The van der Waals surface area contributed by atoms with E-state index in [1.54, 1.807) is 48.5 Å². The van der Waals surface area contributed by atoms with Crippen molar-refractivity contribution in [1.82, 2.24) is 0 Å². The van der Waals surface area contributed by atoms with E-state index in [1.807, 2.05) is 32.0 Å². The van der Waals surface area contributed by atoms with Crippen LogP contribution in [0.3, 0.4) is 0 Å². The molecule has 6 heteroatoms. The van der Waals surface area contributed by atoms with Gasteiger partial charge in [-0.1, -0.05) is 41.4 Å². The molecular formula is C26H18ClNO4. The molecule has 0 radical (unpaired) electrons. The summed E-state index contributed by atoms with van der Waals surface area (Å²) in [5.74, 6) is -0.101.